The third-order valence-corrected chi connectivity index (χ3v) is 5.77. The van der Waals surface area contributed by atoms with Crippen LogP contribution in [-0.2, 0) is 4.79 Å². The van der Waals surface area contributed by atoms with Crippen LogP contribution in [0.15, 0.2) is 22.1 Å². The summed E-state index contributed by atoms with van der Waals surface area (Å²) in [4.78, 5) is 12.5. The number of rotatable bonds is 2. The van der Waals surface area contributed by atoms with E-state index in [-0.39, 0.29) is 12.5 Å². The van der Waals surface area contributed by atoms with Crippen molar-refractivity contribution in [2.24, 2.45) is 0 Å². The number of carbonyl (C=O) groups excluding carboxylic acids is 1. The van der Waals surface area contributed by atoms with Crippen molar-refractivity contribution < 1.29 is 13.9 Å². The minimum Gasteiger partial charge on any atom is -0.278 e. The average molecular weight is 272 g/mol. The first-order chi connectivity index (χ1) is 7.98. The van der Waals surface area contributed by atoms with Gasteiger partial charge in [-0.05, 0) is 12.5 Å². The van der Waals surface area contributed by atoms with Gasteiger partial charge in [-0.25, -0.2) is 4.31 Å². The summed E-state index contributed by atoms with van der Waals surface area (Å²) < 4.78 is 21.2. The van der Waals surface area contributed by atoms with Gasteiger partial charge in [0.1, 0.15) is 0 Å². The van der Waals surface area contributed by atoms with Gasteiger partial charge in [-0.3, -0.25) is 13.9 Å². The molecule has 0 aliphatic carbocycles. The highest BCUT2D eigenvalue weighted by Crippen LogP contribution is 2.61. The highest BCUT2D eigenvalue weighted by molar-refractivity contribution is 8.27. The van der Waals surface area contributed by atoms with Gasteiger partial charge in [0, 0.05) is 17.6 Å². The molecule has 1 amide bonds. The maximum atomic E-state index is 12.0. The molecule has 0 radical (unpaired) electrons. The van der Waals surface area contributed by atoms with E-state index < -0.39 is 10.8 Å². The van der Waals surface area contributed by atoms with Gasteiger partial charge >= 0.3 is 0 Å². The molecule has 0 unspecified atom stereocenters. The first-order valence-corrected chi connectivity index (χ1v) is 7.59. The minimum atomic E-state index is -3.13. The summed E-state index contributed by atoms with van der Waals surface area (Å²) in [5.41, 5.74) is 1.16. The van der Waals surface area contributed by atoms with Crippen LogP contribution < -0.4 is 0 Å². The van der Waals surface area contributed by atoms with Gasteiger partial charge in [0.2, 0.25) is 0 Å². The molecule has 0 saturated carbocycles. The number of allylic oxidation sites excluding steroid dienone is 1. The van der Waals surface area contributed by atoms with Crippen molar-refractivity contribution >= 4 is 28.4 Å². The molecule has 2 aliphatic heterocycles. The average Bonchev–Trinajstić information content (AvgIpc) is 2.79. The molecule has 0 spiro atoms. The molecule has 2 heterocycles. The Hall–Kier alpha value is -0.940. The zero-order chi connectivity index (χ0) is 12.6. The van der Waals surface area contributed by atoms with E-state index in [1.165, 1.54) is 17.8 Å². The second-order valence-corrected chi connectivity index (χ2v) is 6.83. The van der Waals surface area contributed by atoms with Gasteiger partial charge in [-0.15, -0.1) is 0 Å². The zero-order valence-corrected chi connectivity index (χ0v) is 10.8. The summed E-state index contributed by atoms with van der Waals surface area (Å²) in [6.45, 7) is 1.77. The molecular formula is C10H12N2O3S2. The molecule has 0 saturated heterocycles. The first kappa shape index (κ1) is 12.5. The zero-order valence-electron chi connectivity index (χ0n) is 9.21. The number of amides is 1. The molecule has 7 heteroatoms. The SMILES string of the molecule is CC(=CC#N)CN1C(=O)C2=C(CSC2)S1(O)O. The van der Waals surface area contributed by atoms with Crippen molar-refractivity contribution in [2.75, 3.05) is 18.1 Å². The normalized spacial score (nSPS) is 24.9. The third kappa shape index (κ3) is 1.98. The lowest BCUT2D eigenvalue weighted by atomic mass is 10.2. The van der Waals surface area contributed by atoms with Gasteiger partial charge in [0.05, 0.1) is 23.1 Å². The highest BCUT2D eigenvalue weighted by atomic mass is 32.3. The summed E-state index contributed by atoms with van der Waals surface area (Å²) in [6.07, 6.45) is 1.31. The van der Waals surface area contributed by atoms with E-state index in [0.29, 0.717) is 27.6 Å². The lowest BCUT2D eigenvalue weighted by molar-refractivity contribution is -0.122. The summed E-state index contributed by atoms with van der Waals surface area (Å²) >= 11 is 1.52. The number of hydrogen-bond donors (Lipinski definition) is 2. The fraction of sp³-hybridized carbons (Fsp3) is 0.400. The molecule has 5 nitrogen and oxygen atoms in total. The molecule has 2 aliphatic rings. The van der Waals surface area contributed by atoms with Gasteiger partial charge in [0.25, 0.3) is 5.91 Å². The van der Waals surface area contributed by atoms with Gasteiger partial charge < -0.3 is 0 Å². The second-order valence-electron chi connectivity index (χ2n) is 3.87. The fourth-order valence-corrected chi connectivity index (χ4v) is 5.20. The van der Waals surface area contributed by atoms with Crippen LogP contribution in [0.2, 0.25) is 0 Å². The Morgan fingerprint density at radius 3 is 2.94 bits per heavy atom. The molecular weight excluding hydrogens is 260 g/mol. The highest BCUT2D eigenvalue weighted by Gasteiger charge is 2.45. The Kier molecular flexibility index (Phi) is 3.23. The molecule has 0 atom stereocenters. The molecule has 17 heavy (non-hydrogen) atoms. The largest absolute Gasteiger partial charge is 0.278 e. The van der Waals surface area contributed by atoms with Crippen LogP contribution in [0, 0.1) is 11.3 Å². The standard InChI is InChI=1S/C10H12N2O3S2/c1-7(2-3-11)4-12-10(13)8-5-16-6-9(8)17(12,14)15/h2,14-15H,4-6H2,1H3. The predicted molar refractivity (Wildman–Crippen MR) is 68.3 cm³/mol. The summed E-state index contributed by atoms with van der Waals surface area (Å²) in [6, 6.07) is 1.86. The monoisotopic (exact) mass is 272 g/mol. The predicted octanol–water partition coefficient (Wildman–Crippen LogP) is 1.96. The lowest BCUT2D eigenvalue weighted by Crippen LogP contribution is -2.31. The van der Waals surface area contributed by atoms with E-state index in [0.717, 1.165) is 4.31 Å². The molecule has 92 valence electrons. The van der Waals surface area contributed by atoms with Gasteiger partial charge in [0.15, 0.2) is 0 Å². The van der Waals surface area contributed by atoms with Crippen molar-refractivity contribution in [1.82, 2.24) is 4.31 Å². The maximum Gasteiger partial charge on any atom is 0.270 e. The number of nitrogens with zero attached hydrogens (tertiary/aromatic N) is 2. The van der Waals surface area contributed by atoms with Crippen LogP contribution in [0.4, 0.5) is 0 Å². The Morgan fingerprint density at radius 2 is 2.35 bits per heavy atom. The van der Waals surface area contributed by atoms with Gasteiger partial charge in [-0.1, -0.05) is 10.8 Å². The van der Waals surface area contributed by atoms with Crippen LogP contribution in [0.1, 0.15) is 6.92 Å². The lowest BCUT2D eigenvalue weighted by Gasteiger charge is -2.38. The van der Waals surface area contributed by atoms with Crippen LogP contribution in [0.25, 0.3) is 0 Å². The van der Waals surface area contributed by atoms with E-state index >= 15 is 0 Å². The van der Waals surface area contributed by atoms with Crippen LogP contribution in [0.5, 0.6) is 0 Å². The Labute approximate surface area is 105 Å². The summed E-state index contributed by atoms with van der Waals surface area (Å²) in [5, 5.41) is 8.51. The van der Waals surface area contributed by atoms with Crippen LogP contribution >= 0.6 is 22.5 Å². The first-order valence-electron chi connectivity index (χ1n) is 4.93. The molecule has 2 N–H and O–H groups in total. The number of hydrogen-bond acceptors (Lipinski definition) is 5. The number of nitriles is 1. The van der Waals surface area contributed by atoms with E-state index in [4.69, 9.17) is 5.26 Å². The Bertz CT molecular complexity index is 476. The maximum absolute atomic E-state index is 12.0. The molecule has 0 aromatic heterocycles. The topological polar surface area (TPSA) is 84.6 Å². The molecule has 0 bridgehead atoms. The van der Waals surface area contributed by atoms with Crippen molar-refractivity contribution in [3.63, 3.8) is 0 Å². The molecule has 0 fully saturated rings. The fourth-order valence-electron chi connectivity index (χ4n) is 1.78. The van der Waals surface area contributed by atoms with E-state index in [1.807, 2.05) is 6.07 Å². The van der Waals surface area contributed by atoms with Gasteiger partial charge in [-0.2, -0.15) is 17.0 Å². The van der Waals surface area contributed by atoms with E-state index in [1.54, 1.807) is 6.92 Å². The number of carbonyl (C=O) groups is 1. The second kappa shape index (κ2) is 4.38. The van der Waals surface area contributed by atoms with E-state index in [9.17, 15) is 13.9 Å². The Balaban J connectivity index is 2.25. The van der Waals surface area contributed by atoms with Crippen molar-refractivity contribution in [2.45, 2.75) is 6.92 Å². The Morgan fingerprint density at radius 1 is 1.65 bits per heavy atom. The summed E-state index contributed by atoms with van der Waals surface area (Å²) in [7, 11) is -3.13. The van der Waals surface area contributed by atoms with E-state index in [2.05, 4.69) is 0 Å². The molecule has 0 aromatic rings. The van der Waals surface area contributed by atoms with Crippen LogP contribution in [0.3, 0.4) is 0 Å². The minimum absolute atomic E-state index is 0.0897. The summed E-state index contributed by atoms with van der Waals surface area (Å²) in [5.74, 6) is 0.735. The van der Waals surface area contributed by atoms with Crippen LogP contribution in [-0.4, -0.2) is 37.4 Å². The smallest absolute Gasteiger partial charge is 0.270 e. The molecule has 2 rings (SSSR count). The number of thioether (sulfide) groups is 1. The van der Waals surface area contributed by atoms with Crippen molar-refractivity contribution in [1.29, 1.82) is 5.26 Å². The van der Waals surface area contributed by atoms with Crippen molar-refractivity contribution in [3.05, 3.63) is 22.1 Å². The quantitative estimate of drug-likeness (QED) is 0.751. The van der Waals surface area contributed by atoms with Crippen molar-refractivity contribution in [3.8, 4) is 6.07 Å². The molecule has 0 aromatic carbocycles. The third-order valence-electron chi connectivity index (χ3n) is 2.64.